The van der Waals surface area contributed by atoms with E-state index in [-0.39, 0.29) is 17.5 Å². The molecule has 1 aliphatic rings. The number of carbonyl (C=O) groups excluding carboxylic acids is 1. The van der Waals surface area contributed by atoms with Crippen molar-refractivity contribution < 1.29 is 4.79 Å². The van der Waals surface area contributed by atoms with Crippen molar-refractivity contribution in [2.45, 2.75) is 45.2 Å². The average molecular weight is 218 g/mol. The standard InChI is InChI=1S/C13H18N2O/c1-13(2,3)15-11(6-7-12(15)16)10-5-4-8-14-9-10/h4-5,8-9,11H,6-7H2,1-3H3/t11-/m1/s1. The Morgan fingerprint density at radius 1 is 1.44 bits per heavy atom. The van der Waals surface area contributed by atoms with Crippen molar-refractivity contribution in [1.82, 2.24) is 9.88 Å². The van der Waals surface area contributed by atoms with Crippen LogP contribution < -0.4 is 0 Å². The Hall–Kier alpha value is -1.38. The van der Waals surface area contributed by atoms with Gasteiger partial charge < -0.3 is 4.90 Å². The average Bonchev–Trinajstić information content (AvgIpc) is 2.61. The predicted octanol–water partition coefficient (Wildman–Crippen LogP) is 2.54. The number of hydrogen-bond acceptors (Lipinski definition) is 2. The maximum absolute atomic E-state index is 11.9. The lowest BCUT2D eigenvalue weighted by molar-refractivity contribution is -0.133. The van der Waals surface area contributed by atoms with Crippen molar-refractivity contribution in [1.29, 1.82) is 0 Å². The summed E-state index contributed by atoms with van der Waals surface area (Å²) in [4.78, 5) is 18.0. The van der Waals surface area contributed by atoms with Crippen LogP contribution in [0.3, 0.4) is 0 Å². The fourth-order valence-corrected chi connectivity index (χ4v) is 2.41. The summed E-state index contributed by atoms with van der Waals surface area (Å²) in [6.07, 6.45) is 5.18. The summed E-state index contributed by atoms with van der Waals surface area (Å²) in [7, 11) is 0. The number of hydrogen-bond donors (Lipinski definition) is 0. The zero-order chi connectivity index (χ0) is 11.8. The van der Waals surface area contributed by atoms with E-state index in [9.17, 15) is 4.79 Å². The normalized spacial score (nSPS) is 21.6. The highest BCUT2D eigenvalue weighted by Crippen LogP contribution is 2.37. The molecule has 2 heterocycles. The molecule has 0 spiro atoms. The van der Waals surface area contributed by atoms with E-state index in [1.807, 2.05) is 17.2 Å². The van der Waals surface area contributed by atoms with Gasteiger partial charge in [-0.15, -0.1) is 0 Å². The van der Waals surface area contributed by atoms with Crippen LogP contribution in [0.1, 0.15) is 45.2 Å². The first-order valence-corrected chi connectivity index (χ1v) is 5.72. The van der Waals surface area contributed by atoms with E-state index in [2.05, 4.69) is 31.8 Å². The van der Waals surface area contributed by atoms with Gasteiger partial charge in [-0.25, -0.2) is 0 Å². The summed E-state index contributed by atoms with van der Waals surface area (Å²) in [6.45, 7) is 6.25. The van der Waals surface area contributed by atoms with Crippen LogP contribution in [0.4, 0.5) is 0 Å². The minimum atomic E-state index is -0.117. The molecule has 1 atom stereocenters. The quantitative estimate of drug-likeness (QED) is 0.725. The van der Waals surface area contributed by atoms with Crippen LogP contribution in [0, 0.1) is 0 Å². The second-order valence-electron chi connectivity index (χ2n) is 5.28. The van der Waals surface area contributed by atoms with Gasteiger partial charge in [0.2, 0.25) is 5.91 Å². The Bertz CT molecular complexity index is 381. The number of rotatable bonds is 1. The largest absolute Gasteiger partial charge is 0.331 e. The molecule has 0 saturated carbocycles. The van der Waals surface area contributed by atoms with Gasteiger partial charge in [-0.2, -0.15) is 0 Å². The molecular weight excluding hydrogens is 200 g/mol. The molecule has 1 amide bonds. The molecular formula is C13H18N2O. The van der Waals surface area contributed by atoms with Crippen LogP contribution in [0.25, 0.3) is 0 Å². The third kappa shape index (κ3) is 1.94. The molecule has 0 bridgehead atoms. The second kappa shape index (κ2) is 3.89. The van der Waals surface area contributed by atoms with E-state index in [1.165, 1.54) is 0 Å². The number of aromatic nitrogens is 1. The predicted molar refractivity (Wildman–Crippen MR) is 62.8 cm³/mol. The lowest BCUT2D eigenvalue weighted by Crippen LogP contribution is -2.43. The highest BCUT2D eigenvalue weighted by atomic mass is 16.2. The van der Waals surface area contributed by atoms with Crippen molar-refractivity contribution in [2.24, 2.45) is 0 Å². The van der Waals surface area contributed by atoms with Gasteiger partial charge in [0.25, 0.3) is 0 Å². The van der Waals surface area contributed by atoms with Crippen molar-refractivity contribution in [3.05, 3.63) is 30.1 Å². The lowest BCUT2D eigenvalue weighted by Gasteiger charge is -2.37. The first-order valence-electron chi connectivity index (χ1n) is 5.72. The molecule has 1 aromatic rings. The van der Waals surface area contributed by atoms with Gasteiger partial charge in [0.1, 0.15) is 0 Å². The van der Waals surface area contributed by atoms with Gasteiger partial charge in [-0.05, 0) is 38.8 Å². The van der Waals surface area contributed by atoms with Crippen LogP contribution in [-0.4, -0.2) is 21.3 Å². The fraction of sp³-hybridized carbons (Fsp3) is 0.538. The van der Waals surface area contributed by atoms with Gasteiger partial charge in [0.15, 0.2) is 0 Å². The van der Waals surface area contributed by atoms with E-state index in [1.54, 1.807) is 6.20 Å². The van der Waals surface area contributed by atoms with E-state index >= 15 is 0 Å². The monoisotopic (exact) mass is 218 g/mol. The molecule has 1 saturated heterocycles. The summed E-state index contributed by atoms with van der Waals surface area (Å²) in [5.41, 5.74) is 1.02. The van der Waals surface area contributed by atoms with Crippen LogP contribution in [0.2, 0.25) is 0 Å². The van der Waals surface area contributed by atoms with E-state index in [0.717, 1.165) is 12.0 Å². The molecule has 3 heteroatoms. The van der Waals surface area contributed by atoms with Gasteiger partial charge in [-0.3, -0.25) is 9.78 Å². The van der Waals surface area contributed by atoms with Gasteiger partial charge >= 0.3 is 0 Å². The number of amides is 1. The van der Waals surface area contributed by atoms with E-state index in [0.29, 0.717) is 6.42 Å². The zero-order valence-corrected chi connectivity index (χ0v) is 10.1. The summed E-state index contributed by atoms with van der Waals surface area (Å²) >= 11 is 0. The van der Waals surface area contributed by atoms with Crippen LogP contribution in [0.5, 0.6) is 0 Å². The summed E-state index contributed by atoms with van der Waals surface area (Å²) in [6, 6.07) is 4.18. The molecule has 3 nitrogen and oxygen atoms in total. The molecule has 0 N–H and O–H groups in total. The summed E-state index contributed by atoms with van der Waals surface area (Å²) in [5.74, 6) is 0.251. The number of pyridine rings is 1. The molecule has 86 valence electrons. The van der Waals surface area contributed by atoms with Gasteiger partial charge in [0.05, 0.1) is 6.04 Å². The minimum Gasteiger partial charge on any atom is -0.331 e. The topological polar surface area (TPSA) is 33.2 Å². The van der Waals surface area contributed by atoms with Crippen molar-refractivity contribution in [3.8, 4) is 0 Å². The molecule has 0 aromatic carbocycles. The number of nitrogens with zero attached hydrogens (tertiary/aromatic N) is 2. The molecule has 16 heavy (non-hydrogen) atoms. The molecule has 0 unspecified atom stereocenters. The van der Waals surface area contributed by atoms with Crippen molar-refractivity contribution >= 4 is 5.91 Å². The van der Waals surface area contributed by atoms with Gasteiger partial charge in [0, 0.05) is 24.4 Å². The molecule has 0 radical (unpaired) electrons. The number of carbonyl (C=O) groups is 1. The summed E-state index contributed by atoms with van der Waals surface area (Å²) in [5, 5.41) is 0. The highest BCUT2D eigenvalue weighted by Gasteiger charge is 2.38. The first-order chi connectivity index (χ1) is 7.50. The van der Waals surface area contributed by atoms with E-state index < -0.39 is 0 Å². The smallest absolute Gasteiger partial charge is 0.223 e. The minimum absolute atomic E-state index is 0.117. The summed E-state index contributed by atoms with van der Waals surface area (Å²) < 4.78 is 0. The van der Waals surface area contributed by atoms with Crippen LogP contribution in [0.15, 0.2) is 24.5 Å². The first kappa shape index (κ1) is 11.1. The number of likely N-dealkylation sites (tertiary alicyclic amines) is 1. The second-order valence-corrected chi connectivity index (χ2v) is 5.28. The third-order valence-electron chi connectivity index (χ3n) is 3.00. The Labute approximate surface area is 96.5 Å². The highest BCUT2D eigenvalue weighted by molar-refractivity contribution is 5.79. The zero-order valence-electron chi connectivity index (χ0n) is 10.1. The Kier molecular flexibility index (Phi) is 2.70. The van der Waals surface area contributed by atoms with Gasteiger partial charge in [-0.1, -0.05) is 6.07 Å². The Morgan fingerprint density at radius 3 is 2.75 bits per heavy atom. The van der Waals surface area contributed by atoms with Crippen molar-refractivity contribution in [3.63, 3.8) is 0 Å². The fourth-order valence-electron chi connectivity index (χ4n) is 2.41. The third-order valence-corrected chi connectivity index (χ3v) is 3.00. The molecule has 2 rings (SSSR count). The van der Waals surface area contributed by atoms with Crippen molar-refractivity contribution in [2.75, 3.05) is 0 Å². The maximum atomic E-state index is 11.9. The Morgan fingerprint density at radius 2 is 2.19 bits per heavy atom. The Balaban J connectivity index is 2.32. The SMILES string of the molecule is CC(C)(C)N1C(=O)CC[C@@H]1c1cccnc1. The molecule has 0 aliphatic carbocycles. The molecule has 1 aliphatic heterocycles. The van der Waals surface area contributed by atoms with Crippen LogP contribution in [-0.2, 0) is 4.79 Å². The molecule has 1 fully saturated rings. The maximum Gasteiger partial charge on any atom is 0.223 e. The lowest BCUT2D eigenvalue weighted by atomic mass is 10.0. The van der Waals surface area contributed by atoms with E-state index in [4.69, 9.17) is 0 Å². The van der Waals surface area contributed by atoms with Crippen LogP contribution >= 0.6 is 0 Å². The molecule has 1 aromatic heterocycles.